The van der Waals surface area contributed by atoms with Crippen LogP contribution >= 0.6 is 23.2 Å². The van der Waals surface area contributed by atoms with Gasteiger partial charge >= 0.3 is 5.95 Å². The maximum Gasteiger partial charge on any atom is 0.356 e. The van der Waals surface area contributed by atoms with Crippen LogP contribution in [0, 0.1) is 0 Å². The molecule has 0 aliphatic carbocycles. The number of phenolic OH excluding ortho intramolecular Hbond substituents is 1. The zero-order chi connectivity index (χ0) is 15.0. The lowest BCUT2D eigenvalue weighted by atomic mass is 10.2. The van der Waals surface area contributed by atoms with Crippen molar-refractivity contribution in [3.8, 4) is 5.75 Å². The van der Waals surface area contributed by atoms with Gasteiger partial charge in [0.05, 0.1) is 18.6 Å². The number of anilines is 1. The van der Waals surface area contributed by atoms with E-state index in [0.29, 0.717) is 17.1 Å². The monoisotopic (exact) mass is 322 g/mol. The van der Waals surface area contributed by atoms with Gasteiger partial charge in [0.2, 0.25) is 0 Å². The topological polar surface area (TPSA) is 51.9 Å². The standard InChI is InChI=1S/C15H13Cl2N3O/c1-20-13-5-3-2-4-12(13)19-15(20)18-8-9-6-10(16)7-11(17)14(9)21/h2-7H,8H2,1H3,(H2,18,19,21)/p+1. The van der Waals surface area contributed by atoms with E-state index < -0.39 is 0 Å². The maximum absolute atomic E-state index is 9.96. The molecule has 0 unspecified atom stereocenters. The van der Waals surface area contributed by atoms with Crippen LogP contribution < -0.4 is 9.88 Å². The van der Waals surface area contributed by atoms with Crippen LogP contribution in [0.3, 0.4) is 0 Å². The number of imidazole rings is 1. The molecule has 1 heterocycles. The van der Waals surface area contributed by atoms with Gasteiger partial charge in [-0.05, 0) is 24.3 Å². The number of H-pyrrole nitrogens is 1. The summed E-state index contributed by atoms with van der Waals surface area (Å²) in [5.41, 5.74) is 2.77. The van der Waals surface area contributed by atoms with E-state index in [9.17, 15) is 5.11 Å². The predicted molar refractivity (Wildman–Crippen MR) is 84.9 cm³/mol. The van der Waals surface area contributed by atoms with Gasteiger partial charge in [0, 0.05) is 10.6 Å². The van der Waals surface area contributed by atoms with E-state index in [0.717, 1.165) is 17.0 Å². The molecule has 0 saturated carbocycles. The summed E-state index contributed by atoms with van der Waals surface area (Å²) in [4.78, 5) is 3.29. The van der Waals surface area contributed by atoms with Crippen LogP contribution in [0.4, 0.5) is 5.95 Å². The van der Waals surface area contributed by atoms with E-state index in [4.69, 9.17) is 23.2 Å². The number of nitrogens with zero attached hydrogens (tertiary/aromatic N) is 1. The summed E-state index contributed by atoms with van der Waals surface area (Å²) in [6, 6.07) is 11.2. The van der Waals surface area contributed by atoms with Crippen LogP contribution in [0.2, 0.25) is 10.0 Å². The third kappa shape index (κ3) is 2.64. The lowest BCUT2D eigenvalue weighted by molar-refractivity contribution is -0.630. The summed E-state index contributed by atoms with van der Waals surface area (Å²) in [7, 11) is 1.96. The molecular formula is C15H14Cl2N3O+. The van der Waals surface area contributed by atoms with Gasteiger partial charge in [-0.2, -0.15) is 0 Å². The first-order valence-corrected chi connectivity index (χ1v) is 7.19. The normalized spacial score (nSPS) is 11.0. The molecule has 108 valence electrons. The Kier molecular flexibility index (Phi) is 3.66. The number of aromatic hydroxyl groups is 1. The summed E-state index contributed by atoms with van der Waals surface area (Å²) in [5.74, 6) is 0.888. The molecule has 0 saturated heterocycles. The molecule has 0 amide bonds. The molecule has 0 bridgehead atoms. The van der Waals surface area contributed by atoms with Crippen molar-refractivity contribution in [2.75, 3.05) is 5.32 Å². The van der Waals surface area contributed by atoms with Crippen molar-refractivity contribution in [2.24, 2.45) is 7.05 Å². The summed E-state index contributed by atoms with van der Waals surface area (Å²) in [6.07, 6.45) is 0. The number of aryl methyl sites for hydroxylation is 1. The Labute approximate surface area is 131 Å². The number of halogens is 2. The smallest absolute Gasteiger partial charge is 0.356 e. The molecule has 0 aliphatic rings. The van der Waals surface area contributed by atoms with Gasteiger partial charge in [0.25, 0.3) is 0 Å². The van der Waals surface area contributed by atoms with Gasteiger partial charge < -0.3 is 5.11 Å². The number of rotatable bonds is 3. The molecule has 6 heteroatoms. The molecule has 0 spiro atoms. The van der Waals surface area contributed by atoms with Crippen molar-refractivity contribution in [1.82, 2.24) is 4.98 Å². The Morgan fingerprint density at radius 2 is 2.00 bits per heavy atom. The number of phenols is 1. The molecule has 1 aromatic heterocycles. The van der Waals surface area contributed by atoms with E-state index in [1.807, 2.05) is 35.9 Å². The maximum atomic E-state index is 9.96. The highest BCUT2D eigenvalue weighted by Crippen LogP contribution is 2.31. The molecule has 4 nitrogen and oxygen atoms in total. The highest BCUT2D eigenvalue weighted by molar-refractivity contribution is 6.35. The lowest BCUT2D eigenvalue weighted by Crippen LogP contribution is -2.30. The minimum absolute atomic E-state index is 0.0485. The van der Waals surface area contributed by atoms with Crippen LogP contribution in [0.15, 0.2) is 36.4 Å². The van der Waals surface area contributed by atoms with E-state index in [-0.39, 0.29) is 10.8 Å². The van der Waals surface area contributed by atoms with Crippen LogP contribution in [0.1, 0.15) is 5.56 Å². The quantitative estimate of drug-likeness (QED) is 0.645. The Morgan fingerprint density at radius 3 is 2.76 bits per heavy atom. The summed E-state index contributed by atoms with van der Waals surface area (Å²) >= 11 is 11.9. The first-order chi connectivity index (χ1) is 10.1. The SMILES string of the molecule is C[n+]1c(NCc2cc(Cl)cc(Cl)c2O)[nH]c2ccccc21. The number of aromatic nitrogens is 2. The molecule has 3 rings (SSSR count). The van der Waals surface area contributed by atoms with E-state index in [2.05, 4.69) is 10.3 Å². The molecule has 2 aromatic carbocycles. The minimum atomic E-state index is 0.0485. The average Bonchev–Trinajstić information content (AvgIpc) is 2.78. The molecule has 0 radical (unpaired) electrons. The van der Waals surface area contributed by atoms with Crippen LogP contribution in [-0.2, 0) is 13.6 Å². The second-order valence-corrected chi connectivity index (χ2v) is 5.64. The van der Waals surface area contributed by atoms with Crippen molar-refractivity contribution in [3.05, 3.63) is 52.0 Å². The Morgan fingerprint density at radius 1 is 1.24 bits per heavy atom. The second-order valence-electron chi connectivity index (χ2n) is 4.80. The molecule has 0 aliphatic heterocycles. The zero-order valence-electron chi connectivity index (χ0n) is 11.3. The fraction of sp³-hybridized carbons (Fsp3) is 0.133. The fourth-order valence-corrected chi connectivity index (χ4v) is 2.84. The third-order valence-corrected chi connectivity index (χ3v) is 3.91. The number of para-hydroxylation sites is 2. The van der Waals surface area contributed by atoms with Crippen molar-refractivity contribution >= 4 is 40.2 Å². The average molecular weight is 323 g/mol. The van der Waals surface area contributed by atoms with Crippen LogP contribution in [0.5, 0.6) is 5.75 Å². The lowest BCUT2D eigenvalue weighted by Gasteiger charge is -2.06. The number of aromatic amines is 1. The third-order valence-electron chi connectivity index (χ3n) is 3.41. The Hall–Kier alpha value is -1.91. The summed E-state index contributed by atoms with van der Waals surface area (Å²) in [6.45, 7) is 0.409. The van der Waals surface area contributed by atoms with Crippen molar-refractivity contribution in [1.29, 1.82) is 0 Å². The van der Waals surface area contributed by atoms with Crippen LogP contribution in [-0.4, -0.2) is 10.1 Å². The number of benzene rings is 2. The predicted octanol–water partition coefficient (Wildman–Crippen LogP) is 3.62. The van der Waals surface area contributed by atoms with Gasteiger partial charge in [-0.3, -0.25) is 5.32 Å². The van der Waals surface area contributed by atoms with Crippen molar-refractivity contribution < 1.29 is 9.67 Å². The number of nitrogens with one attached hydrogen (secondary N) is 2. The Bertz CT molecular complexity index is 814. The summed E-state index contributed by atoms with van der Waals surface area (Å²) < 4.78 is 2.01. The molecule has 0 atom stereocenters. The highest BCUT2D eigenvalue weighted by atomic mass is 35.5. The van der Waals surface area contributed by atoms with Crippen LogP contribution in [0.25, 0.3) is 11.0 Å². The second kappa shape index (κ2) is 5.47. The summed E-state index contributed by atoms with van der Waals surface area (Å²) in [5, 5.41) is 14.0. The van der Waals surface area contributed by atoms with Gasteiger partial charge in [-0.15, -0.1) is 0 Å². The largest absolute Gasteiger partial charge is 0.506 e. The first-order valence-electron chi connectivity index (χ1n) is 6.44. The van der Waals surface area contributed by atoms with Gasteiger partial charge in [0.1, 0.15) is 16.8 Å². The number of fused-ring (bicyclic) bond motifs is 1. The van der Waals surface area contributed by atoms with E-state index >= 15 is 0 Å². The molecular weight excluding hydrogens is 309 g/mol. The highest BCUT2D eigenvalue weighted by Gasteiger charge is 2.15. The van der Waals surface area contributed by atoms with Gasteiger partial charge in [-0.25, -0.2) is 9.55 Å². The van der Waals surface area contributed by atoms with E-state index in [1.165, 1.54) is 6.07 Å². The zero-order valence-corrected chi connectivity index (χ0v) is 12.8. The molecule has 0 fully saturated rings. The van der Waals surface area contributed by atoms with Gasteiger partial charge in [-0.1, -0.05) is 35.3 Å². The van der Waals surface area contributed by atoms with Crippen molar-refractivity contribution in [3.63, 3.8) is 0 Å². The fourth-order valence-electron chi connectivity index (χ4n) is 2.30. The number of hydrogen-bond acceptors (Lipinski definition) is 2. The van der Waals surface area contributed by atoms with E-state index in [1.54, 1.807) is 6.07 Å². The Balaban J connectivity index is 1.89. The minimum Gasteiger partial charge on any atom is -0.506 e. The number of hydrogen-bond donors (Lipinski definition) is 3. The molecule has 21 heavy (non-hydrogen) atoms. The first kappa shape index (κ1) is 14.0. The van der Waals surface area contributed by atoms with Crippen molar-refractivity contribution in [2.45, 2.75) is 6.54 Å². The molecule has 3 aromatic rings. The van der Waals surface area contributed by atoms with Gasteiger partial charge in [0.15, 0.2) is 0 Å². The molecule has 3 N–H and O–H groups in total.